The van der Waals surface area contributed by atoms with E-state index < -0.39 is 0 Å². The van der Waals surface area contributed by atoms with E-state index in [9.17, 15) is 0 Å². The Kier molecular flexibility index (Phi) is 1.38. The monoisotopic (exact) mass is 225 g/mol. The van der Waals surface area contributed by atoms with Crippen LogP contribution in [0.1, 0.15) is 31.0 Å². The molecule has 3 aliphatic rings. The van der Waals surface area contributed by atoms with Crippen molar-refractivity contribution in [3.63, 3.8) is 0 Å². The third-order valence-corrected chi connectivity index (χ3v) is 5.35. The molecular weight excluding hydrogens is 210 g/mol. The quantitative estimate of drug-likeness (QED) is 0.810. The minimum absolute atomic E-state index is 0.744. The van der Waals surface area contributed by atoms with E-state index in [1.807, 2.05) is 18.5 Å². The standard InChI is InChI=1S/C14H15N3/c1-2-8-5-7(1)11-12(8)13(11)14-16-9-3-4-15-6-10(9)17-14/h3-4,6-8,11-13H,1-2,5H2,(H,16,17). The van der Waals surface area contributed by atoms with Crippen molar-refractivity contribution in [3.8, 4) is 0 Å². The van der Waals surface area contributed by atoms with Crippen molar-refractivity contribution in [2.45, 2.75) is 25.2 Å². The minimum Gasteiger partial charge on any atom is -0.340 e. The van der Waals surface area contributed by atoms with Crippen molar-refractivity contribution in [1.82, 2.24) is 15.0 Å². The van der Waals surface area contributed by atoms with Crippen LogP contribution in [0.5, 0.6) is 0 Å². The number of fused-ring (bicyclic) bond motifs is 6. The Bertz CT molecular complexity index is 553. The third kappa shape index (κ3) is 0.985. The number of hydrogen-bond acceptors (Lipinski definition) is 2. The third-order valence-electron chi connectivity index (χ3n) is 5.35. The summed E-state index contributed by atoms with van der Waals surface area (Å²) in [7, 11) is 0. The van der Waals surface area contributed by atoms with Gasteiger partial charge < -0.3 is 4.98 Å². The van der Waals surface area contributed by atoms with Crippen molar-refractivity contribution in [3.05, 3.63) is 24.3 Å². The summed E-state index contributed by atoms with van der Waals surface area (Å²) < 4.78 is 0. The van der Waals surface area contributed by atoms with E-state index in [0.717, 1.165) is 40.6 Å². The second-order valence-electron chi connectivity index (χ2n) is 6.03. The molecule has 0 radical (unpaired) electrons. The first-order valence-corrected chi connectivity index (χ1v) is 6.71. The van der Waals surface area contributed by atoms with Gasteiger partial charge in [-0.3, -0.25) is 4.98 Å². The van der Waals surface area contributed by atoms with Crippen LogP contribution in [0.25, 0.3) is 11.0 Å². The first-order valence-electron chi connectivity index (χ1n) is 6.71. The first kappa shape index (κ1) is 8.67. The number of rotatable bonds is 1. The Hall–Kier alpha value is -1.38. The van der Waals surface area contributed by atoms with Gasteiger partial charge in [-0.05, 0) is 49.0 Å². The summed E-state index contributed by atoms with van der Waals surface area (Å²) in [4.78, 5) is 12.4. The number of aromatic amines is 1. The lowest BCUT2D eigenvalue weighted by molar-refractivity contribution is 0.456. The molecule has 3 nitrogen and oxygen atoms in total. The molecule has 3 aliphatic carbocycles. The van der Waals surface area contributed by atoms with Crippen molar-refractivity contribution in [2.24, 2.45) is 23.7 Å². The van der Waals surface area contributed by atoms with Gasteiger partial charge in [-0.15, -0.1) is 0 Å². The largest absolute Gasteiger partial charge is 0.340 e. The summed E-state index contributed by atoms with van der Waals surface area (Å²) in [5, 5.41) is 0. The van der Waals surface area contributed by atoms with Crippen LogP contribution in [0.2, 0.25) is 0 Å². The summed E-state index contributed by atoms with van der Waals surface area (Å²) in [5.41, 5.74) is 2.17. The molecule has 2 heterocycles. The van der Waals surface area contributed by atoms with Gasteiger partial charge in [0.15, 0.2) is 0 Å². The van der Waals surface area contributed by atoms with Crippen LogP contribution >= 0.6 is 0 Å². The van der Waals surface area contributed by atoms with Gasteiger partial charge in [-0.1, -0.05) is 0 Å². The van der Waals surface area contributed by atoms with Gasteiger partial charge in [-0.25, -0.2) is 4.98 Å². The van der Waals surface area contributed by atoms with Crippen LogP contribution in [-0.4, -0.2) is 15.0 Å². The highest BCUT2D eigenvalue weighted by Gasteiger charge is 2.66. The lowest BCUT2D eigenvalue weighted by Crippen LogP contribution is -1.98. The van der Waals surface area contributed by atoms with Crippen molar-refractivity contribution >= 4 is 11.0 Å². The maximum absolute atomic E-state index is 4.76. The number of pyridine rings is 1. The van der Waals surface area contributed by atoms with Crippen LogP contribution in [-0.2, 0) is 0 Å². The van der Waals surface area contributed by atoms with E-state index in [4.69, 9.17) is 4.98 Å². The summed E-state index contributed by atoms with van der Waals surface area (Å²) in [6.45, 7) is 0. The zero-order chi connectivity index (χ0) is 11.0. The fraction of sp³-hybridized carbons (Fsp3) is 0.571. The summed E-state index contributed by atoms with van der Waals surface area (Å²) in [5.74, 6) is 5.93. The number of H-pyrrole nitrogens is 1. The highest BCUT2D eigenvalue weighted by Crippen LogP contribution is 2.72. The van der Waals surface area contributed by atoms with E-state index in [1.165, 1.54) is 25.1 Å². The predicted octanol–water partition coefficient (Wildman–Crippen LogP) is 2.72. The molecule has 4 unspecified atom stereocenters. The van der Waals surface area contributed by atoms with Crippen LogP contribution in [0.3, 0.4) is 0 Å². The van der Waals surface area contributed by atoms with E-state index in [-0.39, 0.29) is 0 Å². The molecule has 17 heavy (non-hydrogen) atoms. The summed E-state index contributed by atoms with van der Waals surface area (Å²) in [6, 6.07) is 2.00. The molecule has 3 heteroatoms. The number of nitrogens with one attached hydrogen (secondary N) is 1. The SMILES string of the molecule is c1cc2nc(C3C4C5CCC(C5)C34)[nH]c2cn1. The number of hydrogen-bond donors (Lipinski definition) is 1. The van der Waals surface area contributed by atoms with Gasteiger partial charge in [0.25, 0.3) is 0 Å². The van der Waals surface area contributed by atoms with Crippen molar-refractivity contribution in [1.29, 1.82) is 0 Å². The molecule has 0 aromatic carbocycles. The molecule has 4 atom stereocenters. The van der Waals surface area contributed by atoms with Crippen LogP contribution in [0.4, 0.5) is 0 Å². The average Bonchev–Trinajstić information content (AvgIpc) is 2.74. The highest BCUT2D eigenvalue weighted by molar-refractivity contribution is 5.73. The fourth-order valence-electron chi connectivity index (χ4n) is 4.73. The lowest BCUT2D eigenvalue weighted by atomic mass is 10.0. The van der Waals surface area contributed by atoms with Gasteiger partial charge in [0.05, 0.1) is 17.2 Å². The van der Waals surface area contributed by atoms with Gasteiger partial charge in [0, 0.05) is 12.1 Å². The molecule has 0 amide bonds. The van der Waals surface area contributed by atoms with E-state index in [2.05, 4.69) is 9.97 Å². The minimum atomic E-state index is 0.744. The first-order chi connectivity index (χ1) is 8.42. The molecule has 3 saturated carbocycles. The highest BCUT2D eigenvalue weighted by atomic mass is 15.0. The second kappa shape index (κ2) is 2.71. The molecule has 5 rings (SSSR count). The maximum atomic E-state index is 4.76. The van der Waals surface area contributed by atoms with E-state index >= 15 is 0 Å². The molecule has 86 valence electrons. The Labute approximate surface area is 99.7 Å². The summed E-state index contributed by atoms with van der Waals surface area (Å²) >= 11 is 0. The van der Waals surface area contributed by atoms with E-state index in [1.54, 1.807) is 0 Å². The molecule has 1 N–H and O–H groups in total. The van der Waals surface area contributed by atoms with Crippen LogP contribution in [0.15, 0.2) is 18.5 Å². The molecule has 0 spiro atoms. The molecule has 2 aromatic heterocycles. The topological polar surface area (TPSA) is 41.6 Å². The van der Waals surface area contributed by atoms with Gasteiger partial charge in [0.2, 0.25) is 0 Å². The zero-order valence-electron chi connectivity index (χ0n) is 9.63. The van der Waals surface area contributed by atoms with Crippen LogP contribution in [0, 0.1) is 23.7 Å². The van der Waals surface area contributed by atoms with Gasteiger partial charge >= 0.3 is 0 Å². The smallest absolute Gasteiger partial charge is 0.111 e. The fourth-order valence-corrected chi connectivity index (χ4v) is 4.73. The molecule has 2 aromatic rings. The lowest BCUT2D eigenvalue weighted by Gasteiger charge is -2.05. The molecular formula is C14H15N3. The average molecular weight is 225 g/mol. The Morgan fingerprint density at radius 1 is 1.18 bits per heavy atom. The zero-order valence-corrected chi connectivity index (χ0v) is 9.63. The van der Waals surface area contributed by atoms with E-state index in [0.29, 0.717) is 0 Å². The second-order valence-corrected chi connectivity index (χ2v) is 6.03. The maximum Gasteiger partial charge on any atom is 0.111 e. The Morgan fingerprint density at radius 3 is 2.76 bits per heavy atom. The number of nitrogens with zero attached hydrogens (tertiary/aromatic N) is 2. The molecule has 0 aliphatic heterocycles. The summed E-state index contributed by atoms with van der Waals surface area (Å²) in [6.07, 6.45) is 8.17. The Balaban J connectivity index is 1.57. The van der Waals surface area contributed by atoms with Crippen molar-refractivity contribution < 1.29 is 0 Å². The number of imidazole rings is 1. The molecule has 0 saturated heterocycles. The number of aromatic nitrogens is 3. The van der Waals surface area contributed by atoms with Gasteiger partial charge in [-0.2, -0.15) is 0 Å². The van der Waals surface area contributed by atoms with Crippen molar-refractivity contribution in [2.75, 3.05) is 0 Å². The predicted molar refractivity (Wildman–Crippen MR) is 64.4 cm³/mol. The molecule has 3 fully saturated rings. The van der Waals surface area contributed by atoms with Gasteiger partial charge in [0.1, 0.15) is 5.82 Å². The normalized spacial score (nSPS) is 42.0. The Morgan fingerprint density at radius 2 is 2.00 bits per heavy atom. The van der Waals surface area contributed by atoms with Crippen LogP contribution < -0.4 is 0 Å². The molecule has 2 bridgehead atoms.